The second-order valence-electron chi connectivity index (χ2n) is 7.08. The third kappa shape index (κ3) is 6.76. The van der Waals surface area contributed by atoms with Gasteiger partial charge in [0.1, 0.15) is 5.78 Å². The summed E-state index contributed by atoms with van der Waals surface area (Å²) in [6.45, 7) is 4.21. The van der Waals surface area contributed by atoms with E-state index < -0.39 is 23.9 Å². The summed E-state index contributed by atoms with van der Waals surface area (Å²) in [6.07, 6.45) is 11.8. The molecule has 0 aromatic carbocycles. The number of rotatable bonds is 12. The number of carbonyl (C=O) groups is 2. The Kier molecular flexibility index (Phi) is 9.92. The van der Waals surface area contributed by atoms with Crippen molar-refractivity contribution in [2.45, 2.75) is 84.2 Å². The van der Waals surface area contributed by atoms with Gasteiger partial charge in [0.2, 0.25) is 0 Å². The van der Waals surface area contributed by atoms with Gasteiger partial charge < -0.3 is 10.2 Å². The van der Waals surface area contributed by atoms with E-state index >= 15 is 0 Å². The van der Waals surface area contributed by atoms with Crippen LogP contribution in [-0.2, 0) is 9.59 Å². The van der Waals surface area contributed by atoms with Crippen LogP contribution in [0.4, 0.5) is 0 Å². The van der Waals surface area contributed by atoms with E-state index in [-0.39, 0.29) is 11.7 Å². The second-order valence-corrected chi connectivity index (χ2v) is 7.08. The lowest BCUT2D eigenvalue weighted by Crippen LogP contribution is -2.30. The molecule has 0 heterocycles. The summed E-state index contributed by atoms with van der Waals surface area (Å²) in [4.78, 5) is 23.9. The number of aliphatic hydroxyl groups is 1. The minimum atomic E-state index is -0.853. The molecule has 1 rings (SSSR count). The third-order valence-electron chi connectivity index (χ3n) is 5.11. The van der Waals surface area contributed by atoms with Crippen LogP contribution in [0.1, 0.15) is 78.1 Å². The molecule has 0 aromatic rings. The standard InChI is InChI=1S/C20H34O4/c1-3-5-7-9-16(21)13-11-15-12-14-18(22)19(15)17(20(23)24)10-8-6-4-2/h11,13,15-17,19,21H,3-10,12,14H2,1-2H3,(H,23,24)/t15-,16-,17?,19+/m0/s1. The number of ketones is 1. The number of aliphatic hydroxyl groups excluding tert-OH is 1. The normalized spacial score (nSPS) is 23.7. The Morgan fingerprint density at radius 3 is 2.38 bits per heavy atom. The van der Waals surface area contributed by atoms with Crippen molar-refractivity contribution in [1.29, 1.82) is 0 Å². The molecule has 0 aromatic heterocycles. The summed E-state index contributed by atoms with van der Waals surface area (Å²) >= 11 is 0. The van der Waals surface area contributed by atoms with Crippen molar-refractivity contribution in [3.63, 3.8) is 0 Å². The van der Waals surface area contributed by atoms with Crippen LogP contribution in [0.15, 0.2) is 12.2 Å². The number of hydrogen-bond donors (Lipinski definition) is 2. The molecule has 1 saturated carbocycles. The topological polar surface area (TPSA) is 74.6 Å². The summed E-state index contributed by atoms with van der Waals surface area (Å²) in [5.41, 5.74) is 0. The molecule has 0 spiro atoms. The first kappa shape index (κ1) is 20.9. The average molecular weight is 338 g/mol. The number of aliphatic carboxylic acids is 1. The van der Waals surface area contributed by atoms with Crippen molar-refractivity contribution in [2.24, 2.45) is 17.8 Å². The van der Waals surface area contributed by atoms with Crippen LogP contribution < -0.4 is 0 Å². The number of hydrogen-bond acceptors (Lipinski definition) is 3. The van der Waals surface area contributed by atoms with Crippen molar-refractivity contribution in [3.05, 3.63) is 12.2 Å². The van der Waals surface area contributed by atoms with E-state index in [1.54, 1.807) is 6.08 Å². The van der Waals surface area contributed by atoms with Crippen molar-refractivity contribution in [3.8, 4) is 0 Å². The number of allylic oxidation sites excluding steroid dienone is 1. The third-order valence-corrected chi connectivity index (χ3v) is 5.11. The smallest absolute Gasteiger partial charge is 0.307 e. The van der Waals surface area contributed by atoms with Gasteiger partial charge in [-0.3, -0.25) is 9.59 Å². The summed E-state index contributed by atoms with van der Waals surface area (Å²) < 4.78 is 0. The Morgan fingerprint density at radius 2 is 1.79 bits per heavy atom. The summed E-state index contributed by atoms with van der Waals surface area (Å²) in [5.74, 6) is -1.82. The molecular weight excluding hydrogens is 304 g/mol. The minimum Gasteiger partial charge on any atom is -0.481 e. The predicted molar refractivity (Wildman–Crippen MR) is 95.8 cm³/mol. The van der Waals surface area contributed by atoms with Gasteiger partial charge in [0, 0.05) is 12.3 Å². The maximum Gasteiger partial charge on any atom is 0.307 e. The largest absolute Gasteiger partial charge is 0.481 e. The Balaban J connectivity index is 2.67. The fraction of sp³-hybridized carbons (Fsp3) is 0.800. The molecular formula is C20H34O4. The average Bonchev–Trinajstić information content (AvgIpc) is 2.90. The quantitative estimate of drug-likeness (QED) is 0.409. The highest BCUT2D eigenvalue weighted by molar-refractivity contribution is 5.88. The van der Waals surface area contributed by atoms with E-state index in [0.29, 0.717) is 19.3 Å². The minimum absolute atomic E-state index is 0.0407. The van der Waals surface area contributed by atoms with Crippen LogP contribution in [0.2, 0.25) is 0 Å². The zero-order chi connectivity index (χ0) is 17.9. The molecule has 1 aliphatic rings. The monoisotopic (exact) mass is 338 g/mol. The summed E-state index contributed by atoms with van der Waals surface area (Å²) in [6, 6.07) is 0. The van der Waals surface area contributed by atoms with E-state index in [4.69, 9.17) is 0 Å². The van der Waals surface area contributed by atoms with Crippen molar-refractivity contribution >= 4 is 11.8 Å². The van der Waals surface area contributed by atoms with Crippen molar-refractivity contribution in [1.82, 2.24) is 0 Å². The molecule has 4 heteroatoms. The SMILES string of the molecule is CCCCCC(C(=O)O)[C@@H]1C(=O)CC[C@@H]1C=C[C@@H](O)CCCCC. The van der Waals surface area contributed by atoms with Gasteiger partial charge in [-0.2, -0.15) is 0 Å². The first-order chi connectivity index (χ1) is 11.5. The van der Waals surface area contributed by atoms with E-state index in [1.807, 2.05) is 6.08 Å². The van der Waals surface area contributed by atoms with Crippen LogP contribution in [-0.4, -0.2) is 28.1 Å². The zero-order valence-electron chi connectivity index (χ0n) is 15.2. The Labute approximate surface area is 146 Å². The van der Waals surface area contributed by atoms with Crippen molar-refractivity contribution < 1.29 is 19.8 Å². The lowest BCUT2D eigenvalue weighted by Gasteiger charge is -2.23. The molecule has 1 aliphatic carbocycles. The maximum absolute atomic E-state index is 12.3. The molecule has 1 fully saturated rings. The van der Waals surface area contributed by atoms with Crippen LogP contribution in [0, 0.1) is 17.8 Å². The molecule has 0 radical (unpaired) electrons. The number of carboxylic acids is 1. The molecule has 0 amide bonds. The Hall–Kier alpha value is -1.16. The van der Waals surface area contributed by atoms with E-state index in [0.717, 1.165) is 44.9 Å². The van der Waals surface area contributed by atoms with Gasteiger partial charge in [0.15, 0.2) is 0 Å². The molecule has 4 atom stereocenters. The van der Waals surface area contributed by atoms with Gasteiger partial charge in [-0.1, -0.05) is 64.5 Å². The molecule has 24 heavy (non-hydrogen) atoms. The highest BCUT2D eigenvalue weighted by atomic mass is 16.4. The molecule has 4 nitrogen and oxygen atoms in total. The van der Waals surface area contributed by atoms with E-state index in [1.165, 1.54) is 0 Å². The molecule has 138 valence electrons. The Morgan fingerprint density at radius 1 is 1.17 bits per heavy atom. The molecule has 0 saturated heterocycles. The predicted octanol–water partition coefficient (Wildman–Crippen LogP) is 4.36. The molecule has 0 aliphatic heterocycles. The first-order valence-electron chi connectivity index (χ1n) is 9.63. The highest BCUT2D eigenvalue weighted by Gasteiger charge is 2.41. The summed E-state index contributed by atoms with van der Waals surface area (Å²) in [5, 5.41) is 19.6. The van der Waals surface area contributed by atoms with Gasteiger partial charge in [-0.05, 0) is 25.2 Å². The van der Waals surface area contributed by atoms with Gasteiger partial charge in [0.25, 0.3) is 0 Å². The van der Waals surface area contributed by atoms with E-state index in [2.05, 4.69) is 13.8 Å². The van der Waals surface area contributed by atoms with E-state index in [9.17, 15) is 19.8 Å². The summed E-state index contributed by atoms with van der Waals surface area (Å²) in [7, 11) is 0. The molecule has 2 N–H and O–H groups in total. The van der Waals surface area contributed by atoms with Crippen LogP contribution in [0.3, 0.4) is 0 Å². The van der Waals surface area contributed by atoms with Gasteiger partial charge >= 0.3 is 5.97 Å². The Bertz CT molecular complexity index is 416. The maximum atomic E-state index is 12.3. The number of unbranched alkanes of at least 4 members (excludes halogenated alkanes) is 4. The van der Waals surface area contributed by atoms with Crippen LogP contribution in [0.5, 0.6) is 0 Å². The van der Waals surface area contributed by atoms with Gasteiger partial charge in [0.05, 0.1) is 12.0 Å². The fourth-order valence-corrected chi connectivity index (χ4v) is 3.67. The fourth-order valence-electron chi connectivity index (χ4n) is 3.67. The van der Waals surface area contributed by atoms with Gasteiger partial charge in [-0.15, -0.1) is 0 Å². The van der Waals surface area contributed by atoms with Gasteiger partial charge in [-0.25, -0.2) is 0 Å². The zero-order valence-corrected chi connectivity index (χ0v) is 15.2. The second kappa shape index (κ2) is 11.4. The number of Topliss-reactive ketones (excluding diaryl/α,β-unsaturated/α-hetero) is 1. The van der Waals surface area contributed by atoms with Crippen molar-refractivity contribution in [2.75, 3.05) is 0 Å². The lowest BCUT2D eigenvalue weighted by molar-refractivity contribution is -0.147. The van der Waals surface area contributed by atoms with Crippen LogP contribution in [0.25, 0.3) is 0 Å². The molecule has 0 bridgehead atoms. The van der Waals surface area contributed by atoms with Crippen LogP contribution >= 0.6 is 0 Å². The lowest BCUT2D eigenvalue weighted by atomic mass is 9.80. The number of carboxylic acid groups (broad SMARTS) is 1. The molecule has 1 unspecified atom stereocenters. The first-order valence-corrected chi connectivity index (χ1v) is 9.63. The number of carbonyl (C=O) groups excluding carboxylic acids is 1. The highest BCUT2D eigenvalue weighted by Crippen LogP contribution is 2.38.